The molecular weight excluding hydrogens is 516 g/mol. The summed E-state index contributed by atoms with van der Waals surface area (Å²) in [5, 5.41) is 13.9. The van der Waals surface area contributed by atoms with Gasteiger partial charge < -0.3 is 5.11 Å². The summed E-state index contributed by atoms with van der Waals surface area (Å²) in [4.78, 5) is 33.0. The van der Waals surface area contributed by atoms with Gasteiger partial charge in [-0.25, -0.2) is 9.78 Å². The summed E-state index contributed by atoms with van der Waals surface area (Å²) in [5.41, 5.74) is 6.93. The van der Waals surface area contributed by atoms with Crippen LogP contribution in [0.25, 0.3) is 22.5 Å². The largest absolute Gasteiger partial charge is 0.439 e. The molecule has 2 aromatic heterocycles. The minimum Gasteiger partial charge on any atom is -0.389 e. The van der Waals surface area contributed by atoms with E-state index in [1.54, 1.807) is 11.5 Å². The summed E-state index contributed by atoms with van der Waals surface area (Å²) in [6.45, 7) is 6.14. The lowest BCUT2D eigenvalue weighted by Gasteiger charge is -2.16. The van der Waals surface area contributed by atoms with E-state index in [4.69, 9.17) is 9.51 Å². The minimum atomic E-state index is -0.600. The molecule has 2 heterocycles. The molecule has 0 saturated heterocycles. The van der Waals surface area contributed by atoms with Gasteiger partial charge in [0.2, 0.25) is 0 Å². The third-order valence-corrected chi connectivity index (χ3v) is 7.35. The Hall–Kier alpha value is -4.56. The van der Waals surface area contributed by atoms with Crippen LogP contribution in [0.2, 0.25) is 0 Å². The van der Waals surface area contributed by atoms with E-state index in [1.807, 2.05) is 79.7 Å². The van der Waals surface area contributed by atoms with Crippen LogP contribution in [0, 0.1) is 6.92 Å². The van der Waals surface area contributed by atoms with Crippen molar-refractivity contribution in [2.75, 3.05) is 0 Å². The number of aliphatic hydroxyl groups is 1. The third kappa shape index (κ3) is 6.28. The Morgan fingerprint density at radius 1 is 0.976 bits per heavy atom. The topological polar surface area (TPSA) is 114 Å². The smallest absolute Gasteiger partial charge is 0.389 e. The first-order chi connectivity index (χ1) is 19.8. The van der Waals surface area contributed by atoms with Gasteiger partial charge in [-0.3, -0.25) is 18.9 Å². The zero-order valence-electron chi connectivity index (χ0n) is 23.6. The molecule has 210 valence electrons. The Bertz CT molecular complexity index is 1760. The lowest BCUT2D eigenvalue weighted by atomic mass is 9.96. The molecule has 2 N–H and O–H groups in total. The van der Waals surface area contributed by atoms with E-state index < -0.39 is 11.9 Å². The molecule has 0 aliphatic heterocycles. The van der Waals surface area contributed by atoms with E-state index in [0.29, 0.717) is 30.2 Å². The second kappa shape index (κ2) is 12.3. The Balaban J connectivity index is 1.48. The summed E-state index contributed by atoms with van der Waals surface area (Å²) in [7, 11) is 0. The van der Waals surface area contributed by atoms with Crippen LogP contribution in [0.3, 0.4) is 0 Å². The fourth-order valence-electron chi connectivity index (χ4n) is 5.10. The van der Waals surface area contributed by atoms with Gasteiger partial charge in [0, 0.05) is 17.5 Å². The molecule has 0 aliphatic rings. The predicted molar refractivity (Wildman–Crippen MR) is 159 cm³/mol. The molecule has 5 aromatic rings. The van der Waals surface area contributed by atoms with Crippen molar-refractivity contribution in [1.82, 2.24) is 19.7 Å². The fraction of sp³-hybridized carbons (Fsp3) is 0.273. The number of hydrogen-bond donors (Lipinski definition) is 2. The average Bonchev–Trinajstić information content (AvgIpc) is 3.42. The van der Waals surface area contributed by atoms with Gasteiger partial charge in [0.1, 0.15) is 5.82 Å². The summed E-state index contributed by atoms with van der Waals surface area (Å²) in [6, 6.07) is 23.4. The number of nitrogens with one attached hydrogen (secondary N) is 1. The van der Waals surface area contributed by atoms with Crippen LogP contribution in [0.4, 0.5) is 0 Å². The molecule has 0 fully saturated rings. The molecule has 3 aromatic carbocycles. The summed E-state index contributed by atoms with van der Waals surface area (Å²) >= 11 is 0. The molecule has 1 unspecified atom stereocenters. The lowest BCUT2D eigenvalue weighted by molar-refractivity contribution is 0.199. The number of hydrogen-bond acceptors (Lipinski definition) is 6. The van der Waals surface area contributed by atoms with Gasteiger partial charge in [-0.2, -0.15) is 0 Å². The van der Waals surface area contributed by atoms with Crippen molar-refractivity contribution in [3.05, 3.63) is 127 Å². The lowest BCUT2D eigenvalue weighted by Crippen LogP contribution is -2.30. The highest BCUT2D eigenvalue weighted by Gasteiger charge is 2.17. The molecule has 8 nitrogen and oxygen atoms in total. The van der Waals surface area contributed by atoms with Crippen LogP contribution in [-0.4, -0.2) is 24.8 Å². The fourth-order valence-corrected chi connectivity index (χ4v) is 5.10. The van der Waals surface area contributed by atoms with Gasteiger partial charge in [0.25, 0.3) is 5.56 Å². The van der Waals surface area contributed by atoms with E-state index in [1.165, 1.54) is 0 Å². The zero-order chi connectivity index (χ0) is 28.9. The number of aromatic amines is 1. The molecule has 0 amide bonds. The molecule has 5 rings (SSSR count). The van der Waals surface area contributed by atoms with Crippen LogP contribution < -0.4 is 11.3 Å². The summed E-state index contributed by atoms with van der Waals surface area (Å²) < 4.78 is 6.44. The number of benzene rings is 3. The molecule has 1 atom stereocenters. The number of nitrogens with zero attached hydrogens (tertiary/aromatic N) is 3. The van der Waals surface area contributed by atoms with E-state index in [0.717, 1.165) is 58.3 Å². The second-order valence-corrected chi connectivity index (χ2v) is 10.4. The van der Waals surface area contributed by atoms with Gasteiger partial charge in [-0.05, 0) is 54.5 Å². The van der Waals surface area contributed by atoms with E-state index in [2.05, 4.69) is 17.1 Å². The molecule has 0 spiro atoms. The first kappa shape index (κ1) is 28.0. The van der Waals surface area contributed by atoms with E-state index in [9.17, 15) is 14.7 Å². The third-order valence-electron chi connectivity index (χ3n) is 7.35. The summed E-state index contributed by atoms with van der Waals surface area (Å²) in [5.74, 6) is 0.461. The minimum absolute atomic E-state index is 0.0320. The maximum absolute atomic E-state index is 13.9. The van der Waals surface area contributed by atoms with Crippen molar-refractivity contribution in [1.29, 1.82) is 0 Å². The first-order valence-corrected chi connectivity index (χ1v) is 13.9. The number of H-pyrrole nitrogens is 1. The Kier molecular flexibility index (Phi) is 8.40. The van der Waals surface area contributed by atoms with Gasteiger partial charge in [-0.1, -0.05) is 91.3 Å². The van der Waals surface area contributed by atoms with Crippen LogP contribution in [0.15, 0.2) is 86.9 Å². The molecule has 0 aliphatic carbocycles. The molecule has 0 bridgehead atoms. The van der Waals surface area contributed by atoms with E-state index in [-0.39, 0.29) is 5.56 Å². The number of aryl methyl sites for hydroxylation is 2. The van der Waals surface area contributed by atoms with Gasteiger partial charge in [-0.15, -0.1) is 0 Å². The van der Waals surface area contributed by atoms with Crippen molar-refractivity contribution in [2.24, 2.45) is 0 Å². The molecule has 0 saturated carbocycles. The molecule has 0 radical (unpaired) electrons. The highest BCUT2D eigenvalue weighted by atomic mass is 16.5. The molecule has 41 heavy (non-hydrogen) atoms. The van der Waals surface area contributed by atoms with Gasteiger partial charge >= 0.3 is 5.76 Å². The SMILES string of the molecule is CCCCc1nc(C)n(Cc2cccc(C(C)O)c2)c(=O)c1Cc1ccc(-c2ccccc2-c2noc(=O)[nH]2)cc1. The maximum atomic E-state index is 13.9. The van der Waals surface area contributed by atoms with Gasteiger partial charge in [0.15, 0.2) is 5.82 Å². The predicted octanol–water partition coefficient (Wildman–Crippen LogP) is 5.60. The van der Waals surface area contributed by atoms with Crippen LogP contribution in [-0.2, 0) is 19.4 Å². The Morgan fingerprint density at radius 2 is 1.73 bits per heavy atom. The standard InChI is InChI=1S/C33H34N4O4/c1-4-5-13-30-29(32(39)37(22(3)34-30)20-24-9-8-10-26(18-24)21(2)38)19-23-14-16-25(17-15-23)27-11-6-7-12-28(27)31-35-33(40)41-36-31/h6-12,14-18,21,38H,4-5,13,19-20H2,1-3H3,(H,35,36,40). The van der Waals surface area contributed by atoms with E-state index >= 15 is 0 Å². The van der Waals surface area contributed by atoms with Crippen molar-refractivity contribution in [3.8, 4) is 22.5 Å². The Morgan fingerprint density at radius 3 is 2.41 bits per heavy atom. The van der Waals surface area contributed by atoms with Crippen molar-refractivity contribution < 1.29 is 9.63 Å². The van der Waals surface area contributed by atoms with Crippen LogP contribution >= 0.6 is 0 Å². The van der Waals surface area contributed by atoms with Gasteiger partial charge in [0.05, 0.1) is 18.3 Å². The quantitative estimate of drug-likeness (QED) is 0.234. The molecular formula is C33H34N4O4. The van der Waals surface area contributed by atoms with Crippen molar-refractivity contribution >= 4 is 0 Å². The second-order valence-electron chi connectivity index (χ2n) is 10.4. The summed E-state index contributed by atoms with van der Waals surface area (Å²) in [6.07, 6.45) is 2.62. The molecule has 8 heteroatoms. The monoisotopic (exact) mass is 550 g/mol. The number of aromatic nitrogens is 4. The maximum Gasteiger partial charge on any atom is 0.439 e. The van der Waals surface area contributed by atoms with Crippen LogP contribution in [0.5, 0.6) is 0 Å². The normalized spacial score (nSPS) is 12.0. The Labute approximate surface area is 238 Å². The van der Waals surface area contributed by atoms with Crippen LogP contribution in [0.1, 0.15) is 66.6 Å². The van der Waals surface area contributed by atoms with Crippen molar-refractivity contribution in [2.45, 2.75) is 59.1 Å². The average molecular weight is 551 g/mol. The number of unbranched alkanes of at least 4 members (excludes halogenated alkanes) is 1. The first-order valence-electron chi connectivity index (χ1n) is 13.9. The highest BCUT2D eigenvalue weighted by Crippen LogP contribution is 2.30. The zero-order valence-corrected chi connectivity index (χ0v) is 23.6. The number of aliphatic hydroxyl groups excluding tert-OH is 1. The number of rotatable bonds is 10. The highest BCUT2D eigenvalue weighted by molar-refractivity contribution is 5.80. The van der Waals surface area contributed by atoms with Crippen molar-refractivity contribution in [3.63, 3.8) is 0 Å².